The second kappa shape index (κ2) is 7.95. The molecule has 2 aliphatic rings. The molecule has 0 saturated heterocycles. The van der Waals surface area contributed by atoms with E-state index in [1.54, 1.807) is 22.9 Å². The van der Waals surface area contributed by atoms with Gasteiger partial charge in [-0.05, 0) is 35.4 Å². The van der Waals surface area contributed by atoms with Gasteiger partial charge in [0, 0.05) is 0 Å². The number of benzene rings is 1. The minimum absolute atomic E-state index is 0.0446. The lowest BCUT2D eigenvalue weighted by Gasteiger charge is -2.25. The van der Waals surface area contributed by atoms with Crippen molar-refractivity contribution in [2.75, 3.05) is 12.4 Å². The van der Waals surface area contributed by atoms with E-state index in [4.69, 9.17) is 9.47 Å². The molecule has 2 aromatic rings. The van der Waals surface area contributed by atoms with E-state index < -0.39 is 17.9 Å². The van der Waals surface area contributed by atoms with E-state index in [0.717, 1.165) is 25.7 Å². The number of rotatable bonds is 5. The van der Waals surface area contributed by atoms with Gasteiger partial charge in [-0.25, -0.2) is 4.68 Å². The van der Waals surface area contributed by atoms with Crippen LogP contribution in [0, 0.1) is 0 Å². The fourth-order valence-corrected chi connectivity index (χ4v) is 3.94. The number of imide groups is 1. The average Bonchev–Trinajstić information content (AvgIpc) is 3.37. The highest BCUT2D eigenvalue weighted by atomic mass is 32.2. The Balaban J connectivity index is 1.29. The molecule has 10 heteroatoms. The van der Waals surface area contributed by atoms with Crippen LogP contribution in [0.3, 0.4) is 0 Å². The molecule has 1 atom stereocenters. The van der Waals surface area contributed by atoms with Crippen molar-refractivity contribution in [2.24, 2.45) is 0 Å². The van der Waals surface area contributed by atoms with Gasteiger partial charge in [0.15, 0.2) is 11.5 Å². The van der Waals surface area contributed by atoms with Gasteiger partial charge >= 0.3 is 0 Å². The third kappa shape index (κ3) is 4.05. The van der Waals surface area contributed by atoms with Crippen LogP contribution < -0.4 is 14.8 Å². The predicted octanol–water partition coefficient (Wildman–Crippen LogP) is 1.36. The van der Waals surface area contributed by atoms with Crippen molar-refractivity contribution in [3.63, 3.8) is 0 Å². The lowest BCUT2D eigenvalue weighted by atomic mass is 10.2. The lowest BCUT2D eigenvalue weighted by Crippen LogP contribution is -2.46. The molecule has 0 spiro atoms. The first kappa shape index (κ1) is 17.8. The summed E-state index contributed by atoms with van der Waals surface area (Å²) in [5, 5.41) is 14.7. The van der Waals surface area contributed by atoms with Gasteiger partial charge < -0.3 is 9.47 Å². The van der Waals surface area contributed by atoms with Crippen LogP contribution in [0.15, 0.2) is 29.4 Å². The standard InChI is InChI=1S/C17H19N5O4S/c23-15(10-27-17-19-20-21-22(17)11-5-1-2-6-11)18-16(24)14-9-25-12-7-3-4-8-13(12)26-14/h3-4,7-8,11,14H,1-2,5-6,9-10H2,(H,18,23,24). The van der Waals surface area contributed by atoms with Crippen molar-refractivity contribution >= 4 is 23.6 Å². The number of carbonyl (C=O) groups is 2. The van der Waals surface area contributed by atoms with E-state index in [1.165, 1.54) is 11.8 Å². The molecule has 0 radical (unpaired) electrons. The Bertz CT molecular complexity index is 836. The molecule has 142 valence electrons. The van der Waals surface area contributed by atoms with Crippen LogP contribution in [0.2, 0.25) is 0 Å². The second-order valence-corrected chi connectivity index (χ2v) is 7.35. The van der Waals surface area contributed by atoms with Gasteiger partial charge in [0.2, 0.25) is 17.2 Å². The lowest BCUT2D eigenvalue weighted by molar-refractivity contribution is -0.135. The molecule has 2 amide bonds. The van der Waals surface area contributed by atoms with Crippen molar-refractivity contribution in [3.05, 3.63) is 24.3 Å². The van der Waals surface area contributed by atoms with Crippen LogP contribution in [-0.2, 0) is 9.59 Å². The zero-order chi connectivity index (χ0) is 18.6. The number of ether oxygens (including phenoxy) is 2. The molecule has 1 aromatic carbocycles. The Morgan fingerprint density at radius 3 is 2.81 bits per heavy atom. The van der Waals surface area contributed by atoms with E-state index in [1.807, 2.05) is 6.07 Å². The number of thioether (sulfide) groups is 1. The monoisotopic (exact) mass is 389 g/mol. The summed E-state index contributed by atoms with van der Waals surface area (Å²) in [6.07, 6.45) is 3.55. The number of amides is 2. The first-order chi connectivity index (χ1) is 13.2. The molecular formula is C17H19N5O4S. The molecule has 27 heavy (non-hydrogen) atoms. The quantitative estimate of drug-likeness (QED) is 0.764. The smallest absolute Gasteiger partial charge is 0.271 e. The highest BCUT2D eigenvalue weighted by Crippen LogP contribution is 2.32. The first-order valence-corrected chi connectivity index (χ1v) is 9.82. The third-order valence-electron chi connectivity index (χ3n) is 4.53. The highest BCUT2D eigenvalue weighted by molar-refractivity contribution is 7.99. The summed E-state index contributed by atoms with van der Waals surface area (Å²) >= 11 is 1.22. The molecule has 1 aliphatic heterocycles. The molecule has 1 N–H and O–H groups in total. The topological polar surface area (TPSA) is 108 Å². The number of fused-ring (bicyclic) bond motifs is 1. The van der Waals surface area contributed by atoms with Gasteiger partial charge in [-0.1, -0.05) is 36.7 Å². The Kier molecular flexibility index (Phi) is 5.23. The number of aromatic nitrogens is 4. The Labute approximate surface area is 159 Å². The molecule has 0 bridgehead atoms. The number of hydrogen-bond donors (Lipinski definition) is 1. The van der Waals surface area contributed by atoms with Crippen molar-refractivity contribution in [1.29, 1.82) is 0 Å². The van der Waals surface area contributed by atoms with Crippen LogP contribution in [0.1, 0.15) is 31.7 Å². The Morgan fingerprint density at radius 2 is 2.00 bits per heavy atom. The molecule has 2 heterocycles. The number of tetrazole rings is 1. The molecule has 4 rings (SSSR count). The molecule has 1 aliphatic carbocycles. The van der Waals surface area contributed by atoms with Gasteiger partial charge in [-0.2, -0.15) is 0 Å². The van der Waals surface area contributed by atoms with Crippen LogP contribution in [-0.4, -0.2) is 50.5 Å². The van der Waals surface area contributed by atoms with E-state index in [9.17, 15) is 9.59 Å². The summed E-state index contributed by atoms with van der Waals surface area (Å²) < 4.78 is 12.9. The maximum absolute atomic E-state index is 12.3. The number of hydrogen-bond acceptors (Lipinski definition) is 8. The predicted molar refractivity (Wildman–Crippen MR) is 95.5 cm³/mol. The summed E-state index contributed by atoms with van der Waals surface area (Å²) in [6, 6.07) is 7.39. The number of nitrogens with zero attached hydrogens (tertiary/aromatic N) is 4. The largest absolute Gasteiger partial charge is 0.485 e. The minimum atomic E-state index is -0.863. The Hall–Kier alpha value is -2.62. The summed E-state index contributed by atoms with van der Waals surface area (Å²) in [6.45, 7) is 0.0587. The van der Waals surface area contributed by atoms with Crippen molar-refractivity contribution in [2.45, 2.75) is 43.0 Å². The average molecular weight is 389 g/mol. The maximum Gasteiger partial charge on any atom is 0.271 e. The SMILES string of the molecule is O=C(CSc1nnnn1C1CCCC1)NC(=O)C1COc2ccccc2O1. The summed E-state index contributed by atoms with van der Waals surface area (Å²) in [7, 11) is 0. The minimum Gasteiger partial charge on any atom is -0.485 e. The molecule has 9 nitrogen and oxygen atoms in total. The van der Waals surface area contributed by atoms with E-state index in [0.29, 0.717) is 22.7 Å². The van der Waals surface area contributed by atoms with Gasteiger partial charge in [-0.3, -0.25) is 14.9 Å². The summed E-state index contributed by atoms with van der Waals surface area (Å²) in [5.41, 5.74) is 0. The van der Waals surface area contributed by atoms with Crippen molar-refractivity contribution in [3.8, 4) is 11.5 Å². The van der Waals surface area contributed by atoms with Gasteiger partial charge in [0.25, 0.3) is 5.91 Å². The third-order valence-corrected chi connectivity index (χ3v) is 5.46. The second-order valence-electron chi connectivity index (χ2n) is 6.41. The van der Waals surface area contributed by atoms with Gasteiger partial charge in [0.05, 0.1) is 11.8 Å². The highest BCUT2D eigenvalue weighted by Gasteiger charge is 2.29. The van der Waals surface area contributed by atoms with E-state index in [2.05, 4.69) is 20.8 Å². The fourth-order valence-electron chi connectivity index (χ4n) is 3.19. The van der Waals surface area contributed by atoms with Crippen molar-refractivity contribution < 1.29 is 19.1 Å². The molecule has 1 fully saturated rings. The maximum atomic E-state index is 12.3. The molecule has 1 aromatic heterocycles. The van der Waals surface area contributed by atoms with Gasteiger partial charge in [-0.15, -0.1) is 5.10 Å². The number of para-hydroxylation sites is 2. The molecule has 1 unspecified atom stereocenters. The van der Waals surface area contributed by atoms with E-state index >= 15 is 0 Å². The van der Waals surface area contributed by atoms with Gasteiger partial charge in [0.1, 0.15) is 6.61 Å². The number of nitrogens with one attached hydrogen (secondary N) is 1. The normalized spacial score (nSPS) is 19.0. The zero-order valence-electron chi connectivity index (χ0n) is 14.5. The summed E-state index contributed by atoms with van der Waals surface area (Å²) in [5.74, 6) is 0.172. The zero-order valence-corrected chi connectivity index (χ0v) is 15.4. The number of carbonyl (C=O) groups excluding carboxylic acids is 2. The van der Waals surface area contributed by atoms with Crippen molar-refractivity contribution in [1.82, 2.24) is 25.5 Å². The fraction of sp³-hybridized carbons (Fsp3) is 0.471. The van der Waals surface area contributed by atoms with Crippen LogP contribution >= 0.6 is 11.8 Å². The molecular weight excluding hydrogens is 370 g/mol. The van der Waals surface area contributed by atoms with Crippen LogP contribution in [0.25, 0.3) is 0 Å². The first-order valence-electron chi connectivity index (χ1n) is 8.83. The molecule has 1 saturated carbocycles. The van der Waals surface area contributed by atoms with Crippen LogP contribution in [0.5, 0.6) is 11.5 Å². The summed E-state index contributed by atoms with van der Waals surface area (Å²) in [4.78, 5) is 24.4. The van der Waals surface area contributed by atoms with Crippen LogP contribution in [0.4, 0.5) is 0 Å². The Morgan fingerprint density at radius 1 is 1.22 bits per heavy atom. The van der Waals surface area contributed by atoms with E-state index in [-0.39, 0.29) is 12.4 Å².